The molecule has 2 heterocycles. The van der Waals surface area contributed by atoms with E-state index in [0.29, 0.717) is 18.9 Å². The largest absolute Gasteiger partial charge is 0.459 e. The summed E-state index contributed by atoms with van der Waals surface area (Å²) in [5.41, 5.74) is 0.186. The summed E-state index contributed by atoms with van der Waals surface area (Å²) >= 11 is 5.96. The number of halogens is 2. The molecule has 0 aliphatic carbocycles. The molecule has 0 saturated carbocycles. The van der Waals surface area contributed by atoms with E-state index in [1.807, 2.05) is 4.90 Å². The highest BCUT2D eigenvalue weighted by atomic mass is 35.5. The zero-order chi connectivity index (χ0) is 16.9. The van der Waals surface area contributed by atoms with E-state index in [2.05, 4.69) is 9.97 Å². The molecule has 0 unspecified atom stereocenters. The fourth-order valence-electron chi connectivity index (χ4n) is 2.77. The Hall–Kier alpha value is -2.21. The van der Waals surface area contributed by atoms with Crippen LogP contribution in [0.15, 0.2) is 36.7 Å². The zero-order valence-electron chi connectivity index (χ0n) is 13.0. The summed E-state index contributed by atoms with van der Waals surface area (Å²) in [5.74, 6) is -0.397. The molecule has 1 aliphatic rings. The number of benzene rings is 1. The summed E-state index contributed by atoms with van der Waals surface area (Å²) in [6.45, 7) is 0.495. The van der Waals surface area contributed by atoms with E-state index in [1.165, 1.54) is 12.1 Å². The summed E-state index contributed by atoms with van der Waals surface area (Å²) in [4.78, 5) is 22.7. The normalized spacial score (nSPS) is 17.6. The summed E-state index contributed by atoms with van der Waals surface area (Å²) in [6.07, 6.45) is 5.81. The van der Waals surface area contributed by atoms with Crippen molar-refractivity contribution in [2.45, 2.75) is 31.9 Å². The van der Waals surface area contributed by atoms with Gasteiger partial charge in [-0.2, -0.15) is 0 Å². The van der Waals surface area contributed by atoms with Gasteiger partial charge >= 0.3 is 5.97 Å². The van der Waals surface area contributed by atoms with Crippen molar-refractivity contribution < 1.29 is 13.9 Å². The van der Waals surface area contributed by atoms with Gasteiger partial charge in [-0.3, -0.25) is 0 Å². The molecule has 1 aliphatic heterocycles. The number of nitrogens with zero attached hydrogens (tertiary/aromatic N) is 3. The fraction of sp³-hybridized carbons (Fsp3) is 0.353. The van der Waals surface area contributed by atoms with Crippen molar-refractivity contribution >= 4 is 23.5 Å². The standard InChI is InChI=1S/C17H17ClFN3O2/c18-13-5-3-6-14(19)12(13)11-24-16(23)15-7-1-2-10-22(15)17-20-8-4-9-21-17/h3-6,8-9,15H,1-2,7,10-11H2/t15-/m1/s1. The number of rotatable bonds is 4. The van der Waals surface area contributed by atoms with E-state index in [1.54, 1.807) is 24.5 Å². The summed E-state index contributed by atoms with van der Waals surface area (Å²) in [5, 5.41) is 0.245. The van der Waals surface area contributed by atoms with E-state index in [0.717, 1.165) is 12.8 Å². The van der Waals surface area contributed by atoms with Gasteiger partial charge < -0.3 is 9.64 Å². The lowest BCUT2D eigenvalue weighted by molar-refractivity contribution is -0.147. The van der Waals surface area contributed by atoms with Gasteiger partial charge in [0.05, 0.1) is 5.02 Å². The van der Waals surface area contributed by atoms with Crippen LogP contribution in [0, 0.1) is 5.82 Å². The molecule has 1 aromatic carbocycles. The number of carbonyl (C=O) groups is 1. The topological polar surface area (TPSA) is 55.3 Å². The van der Waals surface area contributed by atoms with Gasteiger partial charge in [0.2, 0.25) is 5.95 Å². The van der Waals surface area contributed by atoms with Crippen molar-refractivity contribution in [1.29, 1.82) is 0 Å². The van der Waals surface area contributed by atoms with Gasteiger partial charge in [0, 0.05) is 24.5 Å². The first kappa shape index (κ1) is 16.6. The molecule has 1 fully saturated rings. The Balaban J connectivity index is 1.71. The molecule has 7 heteroatoms. The Labute approximate surface area is 144 Å². The Kier molecular flexibility index (Phi) is 5.25. The van der Waals surface area contributed by atoms with Crippen LogP contribution in [0.4, 0.5) is 10.3 Å². The maximum atomic E-state index is 13.8. The molecule has 5 nitrogen and oxygen atoms in total. The maximum absolute atomic E-state index is 13.8. The lowest BCUT2D eigenvalue weighted by Gasteiger charge is -2.33. The van der Waals surface area contributed by atoms with Crippen molar-refractivity contribution in [1.82, 2.24) is 9.97 Å². The number of ether oxygens (including phenoxy) is 1. The highest BCUT2D eigenvalue weighted by molar-refractivity contribution is 6.31. The first-order chi connectivity index (χ1) is 11.7. The van der Waals surface area contributed by atoms with Crippen LogP contribution in [0.1, 0.15) is 24.8 Å². The van der Waals surface area contributed by atoms with Crippen molar-refractivity contribution in [3.63, 3.8) is 0 Å². The van der Waals surface area contributed by atoms with E-state index >= 15 is 0 Å². The van der Waals surface area contributed by atoms with E-state index in [9.17, 15) is 9.18 Å². The second kappa shape index (κ2) is 7.57. The number of piperidine rings is 1. The molecule has 3 rings (SSSR count). The lowest BCUT2D eigenvalue weighted by Crippen LogP contribution is -2.46. The summed E-state index contributed by atoms with van der Waals surface area (Å²) in [7, 11) is 0. The zero-order valence-corrected chi connectivity index (χ0v) is 13.7. The molecule has 0 amide bonds. The van der Waals surface area contributed by atoms with E-state index < -0.39 is 17.8 Å². The van der Waals surface area contributed by atoms with Crippen molar-refractivity contribution in [3.8, 4) is 0 Å². The number of carbonyl (C=O) groups excluding carboxylic acids is 1. The Morgan fingerprint density at radius 2 is 2.08 bits per heavy atom. The van der Waals surface area contributed by atoms with Gasteiger partial charge in [-0.15, -0.1) is 0 Å². The molecular weight excluding hydrogens is 333 g/mol. The number of esters is 1. The van der Waals surface area contributed by atoms with Crippen LogP contribution < -0.4 is 4.90 Å². The van der Waals surface area contributed by atoms with E-state index in [-0.39, 0.29) is 17.2 Å². The lowest BCUT2D eigenvalue weighted by atomic mass is 10.0. The quantitative estimate of drug-likeness (QED) is 0.792. The fourth-order valence-corrected chi connectivity index (χ4v) is 2.98. The van der Waals surface area contributed by atoms with Crippen LogP contribution in [0.3, 0.4) is 0 Å². The molecule has 0 N–H and O–H groups in total. The van der Waals surface area contributed by atoms with E-state index in [4.69, 9.17) is 16.3 Å². The minimum absolute atomic E-state index is 0.186. The van der Waals surface area contributed by atoms with Crippen molar-refractivity contribution in [2.75, 3.05) is 11.4 Å². The molecule has 0 bridgehead atoms. The van der Waals surface area contributed by atoms with Gasteiger partial charge in [0.1, 0.15) is 18.5 Å². The molecule has 1 aromatic heterocycles. The van der Waals surface area contributed by atoms with Crippen LogP contribution in [0.25, 0.3) is 0 Å². The van der Waals surface area contributed by atoms with Crippen LogP contribution >= 0.6 is 11.6 Å². The van der Waals surface area contributed by atoms with Gasteiger partial charge in [-0.25, -0.2) is 19.2 Å². The molecule has 1 atom stereocenters. The minimum atomic E-state index is -0.484. The van der Waals surface area contributed by atoms with Crippen LogP contribution in [-0.2, 0) is 16.1 Å². The van der Waals surface area contributed by atoms with Crippen molar-refractivity contribution in [2.24, 2.45) is 0 Å². The SMILES string of the molecule is O=C(OCc1c(F)cccc1Cl)[C@H]1CCCCN1c1ncccn1. The van der Waals surface area contributed by atoms with Crippen LogP contribution in [-0.4, -0.2) is 28.5 Å². The number of aromatic nitrogens is 2. The minimum Gasteiger partial charge on any atom is -0.459 e. The molecule has 2 aromatic rings. The second-order valence-corrected chi connectivity index (χ2v) is 5.97. The second-order valence-electron chi connectivity index (χ2n) is 5.56. The molecule has 24 heavy (non-hydrogen) atoms. The predicted octanol–water partition coefficient (Wildman–Crippen LogP) is 3.37. The third kappa shape index (κ3) is 3.64. The van der Waals surface area contributed by atoms with Gasteiger partial charge in [0.15, 0.2) is 0 Å². The Bertz CT molecular complexity index is 694. The Morgan fingerprint density at radius 3 is 2.83 bits per heavy atom. The van der Waals surface area contributed by atoms with Gasteiger partial charge in [0.25, 0.3) is 0 Å². The molecule has 0 radical (unpaired) electrons. The smallest absolute Gasteiger partial charge is 0.329 e. The number of hydrogen-bond donors (Lipinski definition) is 0. The maximum Gasteiger partial charge on any atom is 0.329 e. The number of anilines is 1. The van der Waals surface area contributed by atoms with Crippen LogP contribution in [0.5, 0.6) is 0 Å². The highest BCUT2D eigenvalue weighted by Crippen LogP contribution is 2.24. The average Bonchev–Trinajstić information content (AvgIpc) is 2.62. The highest BCUT2D eigenvalue weighted by Gasteiger charge is 2.31. The Morgan fingerprint density at radius 1 is 1.29 bits per heavy atom. The molecule has 1 saturated heterocycles. The number of hydrogen-bond acceptors (Lipinski definition) is 5. The predicted molar refractivity (Wildman–Crippen MR) is 88.2 cm³/mol. The summed E-state index contributed by atoms with van der Waals surface area (Å²) in [6, 6.07) is 5.63. The van der Waals surface area contributed by atoms with Gasteiger partial charge in [-0.05, 0) is 37.5 Å². The van der Waals surface area contributed by atoms with Crippen molar-refractivity contribution in [3.05, 3.63) is 53.1 Å². The molecule has 0 spiro atoms. The first-order valence-corrected chi connectivity index (χ1v) is 8.18. The monoisotopic (exact) mass is 349 g/mol. The molecular formula is C17H17ClFN3O2. The first-order valence-electron chi connectivity index (χ1n) is 7.80. The third-order valence-electron chi connectivity index (χ3n) is 4.00. The third-order valence-corrected chi connectivity index (χ3v) is 4.36. The van der Waals surface area contributed by atoms with Gasteiger partial charge in [-0.1, -0.05) is 17.7 Å². The average molecular weight is 350 g/mol. The summed E-state index contributed by atoms with van der Waals surface area (Å²) < 4.78 is 19.1. The van der Waals surface area contributed by atoms with Crippen LogP contribution in [0.2, 0.25) is 5.02 Å². The molecule has 126 valence electrons.